The third-order valence-electron chi connectivity index (χ3n) is 3.65. The molecular formula is C12H15BrN4O. The van der Waals surface area contributed by atoms with Crippen molar-refractivity contribution in [2.75, 3.05) is 5.73 Å². The first-order valence-corrected chi connectivity index (χ1v) is 6.77. The Hall–Kier alpha value is -1.14. The summed E-state index contributed by atoms with van der Waals surface area (Å²) in [7, 11) is 0. The van der Waals surface area contributed by atoms with E-state index in [1.807, 2.05) is 17.5 Å². The number of anilines is 1. The fourth-order valence-electron chi connectivity index (χ4n) is 2.77. The molecule has 3 rings (SSSR count). The highest BCUT2D eigenvalue weighted by Crippen LogP contribution is 2.41. The maximum Gasteiger partial charge on any atom is 0.150 e. The van der Waals surface area contributed by atoms with E-state index in [-0.39, 0.29) is 5.92 Å². The van der Waals surface area contributed by atoms with Gasteiger partial charge in [-0.1, -0.05) is 0 Å². The first-order chi connectivity index (χ1) is 8.48. The maximum absolute atomic E-state index is 10.1. The normalized spacial score (nSPS) is 28.1. The Labute approximate surface area is 113 Å². The average Bonchev–Trinajstić information content (AvgIpc) is 2.81. The first-order valence-electron chi connectivity index (χ1n) is 5.98. The van der Waals surface area contributed by atoms with Gasteiger partial charge in [-0.3, -0.25) is 4.40 Å². The summed E-state index contributed by atoms with van der Waals surface area (Å²) in [4.78, 5) is 8.62. The van der Waals surface area contributed by atoms with Gasteiger partial charge >= 0.3 is 0 Å². The van der Waals surface area contributed by atoms with Crippen molar-refractivity contribution in [1.82, 2.24) is 14.4 Å². The summed E-state index contributed by atoms with van der Waals surface area (Å²) in [6, 6.07) is 0. The molecule has 0 aromatic carbocycles. The summed E-state index contributed by atoms with van der Waals surface area (Å²) >= 11 is 3.43. The fraction of sp³-hybridized carbons (Fsp3) is 0.500. The van der Waals surface area contributed by atoms with Gasteiger partial charge < -0.3 is 10.8 Å². The number of halogens is 1. The van der Waals surface area contributed by atoms with Crippen LogP contribution in [0.4, 0.5) is 5.82 Å². The molecule has 5 nitrogen and oxygen atoms in total. The molecule has 1 saturated carbocycles. The van der Waals surface area contributed by atoms with Crippen molar-refractivity contribution in [2.24, 2.45) is 0 Å². The van der Waals surface area contributed by atoms with Gasteiger partial charge in [0.25, 0.3) is 0 Å². The molecule has 2 aromatic heterocycles. The third kappa shape index (κ3) is 1.80. The van der Waals surface area contributed by atoms with E-state index < -0.39 is 5.60 Å². The minimum absolute atomic E-state index is 0.264. The molecule has 3 N–H and O–H groups in total. The Balaban J connectivity index is 2.11. The Morgan fingerprint density at radius 2 is 2.39 bits per heavy atom. The molecule has 2 unspecified atom stereocenters. The zero-order chi connectivity index (χ0) is 12.9. The number of nitrogen functional groups attached to an aromatic ring is 1. The number of nitrogens with two attached hydrogens (primary N) is 1. The average molecular weight is 311 g/mol. The molecule has 0 bridgehead atoms. The molecule has 6 heteroatoms. The molecule has 1 aliphatic rings. The Kier molecular flexibility index (Phi) is 2.60. The van der Waals surface area contributed by atoms with Gasteiger partial charge in [-0.25, -0.2) is 9.97 Å². The van der Waals surface area contributed by atoms with Crippen LogP contribution in [0.3, 0.4) is 0 Å². The number of hydrogen-bond donors (Lipinski definition) is 2. The first kappa shape index (κ1) is 11.9. The number of hydrogen-bond acceptors (Lipinski definition) is 4. The Morgan fingerprint density at radius 3 is 3.06 bits per heavy atom. The van der Waals surface area contributed by atoms with Crippen LogP contribution in [0.1, 0.15) is 37.9 Å². The molecule has 0 radical (unpaired) electrons. The van der Waals surface area contributed by atoms with Crippen molar-refractivity contribution >= 4 is 27.3 Å². The van der Waals surface area contributed by atoms with Crippen LogP contribution in [-0.2, 0) is 0 Å². The van der Waals surface area contributed by atoms with E-state index in [4.69, 9.17) is 5.73 Å². The third-order valence-corrected chi connectivity index (χ3v) is 4.20. The molecule has 1 fully saturated rings. The van der Waals surface area contributed by atoms with Gasteiger partial charge in [0, 0.05) is 18.3 Å². The second-order valence-electron chi connectivity index (χ2n) is 5.23. The van der Waals surface area contributed by atoms with E-state index in [2.05, 4.69) is 25.9 Å². The van der Waals surface area contributed by atoms with Crippen LogP contribution in [0.15, 0.2) is 17.0 Å². The smallest absolute Gasteiger partial charge is 0.150 e. The number of aromatic nitrogens is 3. The number of aliphatic hydroxyl groups is 1. The zero-order valence-electron chi connectivity index (χ0n) is 10.1. The fourth-order valence-corrected chi connectivity index (χ4v) is 3.35. The van der Waals surface area contributed by atoms with Crippen molar-refractivity contribution < 1.29 is 5.11 Å². The van der Waals surface area contributed by atoms with Crippen molar-refractivity contribution in [1.29, 1.82) is 0 Å². The zero-order valence-corrected chi connectivity index (χ0v) is 11.7. The maximum atomic E-state index is 10.1. The lowest BCUT2D eigenvalue weighted by Gasteiger charge is -2.15. The van der Waals surface area contributed by atoms with Crippen molar-refractivity contribution in [3.8, 4) is 0 Å². The predicted octanol–water partition coefficient (Wildman–Crippen LogP) is 2.09. The second-order valence-corrected chi connectivity index (χ2v) is 5.98. The molecule has 1 aliphatic carbocycles. The van der Waals surface area contributed by atoms with E-state index >= 15 is 0 Å². The highest BCUT2D eigenvalue weighted by atomic mass is 79.9. The monoisotopic (exact) mass is 310 g/mol. The van der Waals surface area contributed by atoms with Crippen LogP contribution in [0.25, 0.3) is 5.52 Å². The van der Waals surface area contributed by atoms with Crippen LogP contribution in [0, 0.1) is 0 Å². The molecule has 18 heavy (non-hydrogen) atoms. The lowest BCUT2D eigenvalue weighted by atomic mass is 10.0. The summed E-state index contributed by atoms with van der Waals surface area (Å²) in [5, 5.41) is 10.1. The van der Waals surface area contributed by atoms with Crippen molar-refractivity contribution in [2.45, 2.75) is 37.7 Å². The number of rotatable bonds is 1. The predicted molar refractivity (Wildman–Crippen MR) is 72.3 cm³/mol. The summed E-state index contributed by atoms with van der Waals surface area (Å²) in [6.45, 7) is 1.88. The molecule has 0 amide bonds. The van der Waals surface area contributed by atoms with Crippen molar-refractivity contribution in [3.63, 3.8) is 0 Å². The van der Waals surface area contributed by atoms with E-state index in [0.29, 0.717) is 5.82 Å². The quantitative estimate of drug-likeness (QED) is 0.845. The number of nitrogens with zero attached hydrogens (tertiary/aromatic N) is 3. The van der Waals surface area contributed by atoms with Crippen molar-refractivity contribution in [3.05, 3.63) is 22.8 Å². The topological polar surface area (TPSA) is 76.4 Å². The van der Waals surface area contributed by atoms with E-state index in [1.165, 1.54) is 0 Å². The Bertz CT molecular complexity index is 607. The lowest BCUT2D eigenvalue weighted by Crippen LogP contribution is -2.18. The molecule has 96 valence electrons. The van der Waals surface area contributed by atoms with Gasteiger partial charge in [0.15, 0.2) is 5.82 Å². The van der Waals surface area contributed by atoms with Crippen LogP contribution in [0.2, 0.25) is 0 Å². The largest absolute Gasteiger partial charge is 0.390 e. The minimum Gasteiger partial charge on any atom is -0.390 e. The van der Waals surface area contributed by atoms with Gasteiger partial charge in [0.1, 0.15) is 15.9 Å². The van der Waals surface area contributed by atoms with E-state index in [1.54, 1.807) is 6.20 Å². The van der Waals surface area contributed by atoms with Crippen LogP contribution in [0.5, 0.6) is 0 Å². The van der Waals surface area contributed by atoms with Crippen LogP contribution < -0.4 is 5.73 Å². The van der Waals surface area contributed by atoms with Crippen LogP contribution in [-0.4, -0.2) is 25.1 Å². The molecule has 0 saturated heterocycles. The highest BCUT2D eigenvalue weighted by Gasteiger charge is 2.36. The minimum atomic E-state index is -0.582. The standard InChI is InChI=1S/C12H15BrN4O/c1-12(18)3-2-7(6-12)11-16-9(13)8-10(14)15-4-5-17(8)11/h4-5,7,18H,2-3,6H2,1H3,(H2,14,15). The second kappa shape index (κ2) is 3.93. The highest BCUT2D eigenvalue weighted by molar-refractivity contribution is 9.10. The molecule has 0 spiro atoms. The number of imidazole rings is 1. The van der Waals surface area contributed by atoms with Crippen LogP contribution >= 0.6 is 15.9 Å². The molecule has 2 aromatic rings. The van der Waals surface area contributed by atoms with Gasteiger partial charge in [0.05, 0.1) is 5.60 Å². The van der Waals surface area contributed by atoms with Gasteiger partial charge in [-0.05, 0) is 42.1 Å². The van der Waals surface area contributed by atoms with Gasteiger partial charge in [-0.15, -0.1) is 0 Å². The van der Waals surface area contributed by atoms with E-state index in [0.717, 1.165) is 35.2 Å². The molecule has 2 atom stereocenters. The summed E-state index contributed by atoms with van der Waals surface area (Å²) in [5.74, 6) is 1.68. The number of fused-ring (bicyclic) bond motifs is 1. The summed E-state index contributed by atoms with van der Waals surface area (Å²) in [5.41, 5.74) is 6.09. The molecular weight excluding hydrogens is 296 g/mol. The van der Waals surface area contributed by atoms with Gasteiger partial charge in [-0.2, -0.15) is 0 Å². The SMILES string of the molecule is CC1(O)CCC(c2nc(Br)c3c(N)nccn23)C1. The van der Waals surface area contributed by atoms with Gasteiger partial charge in [0.2, 0.25) is 0 Å². The molecule has 2 heterocycles. The lowest BCUT2D eigenvalue weighted by molar-refractivity contribution is 0.0662. The molecule has 0 aliphatic heterocycles. The summed E-state index contributed by atoms with van der Waals surface area (Å²) in [6.07, 6.45) is 6.03. The Morgan fingerprint density at radius 1 is 1.61 bits per heavy atom. The summed E-state index contributed by atoms with van der Waals surface area (Å²) < 4.78 is 2.69. The van der Waals surface area contributed by atoms with E-state index in [9.17, 15) is 5.11 Å².